The lowest BCUT2D eigenvalue weighted by molar-refractivity contribution is -0.113. The zero-order valence-corrected chi connectivity index (χ0v) is 7.38. The highest BCUT2D eigenvalue weighted by Crippen LogP contribution is 2.41. The van der Waals surface area contributed by atoms with E-state index < -0.39 is 5.60 Å². The molecular weight excluding hydrogens is 152 g/mol. The van der Waals surface area contributed by atoms with E-state index in [4.69, 9.17) is 4.74 Å². The highest BCUT2D eigenvalue weighted by atomic mass is 16.5. The van der Waals surface area contributed by atoms with E-state index in [0.29, 0.717) is 13.2 Å². The van der Waals surface area contributed by atoms with Crippen molar-refractivity contribution in [1.82, 2.24) is 0 Å². The van der Waals surface area contributed by atoms with Crippen molar-refractivity contribution in [2.24, 2.45) is 5.92 Å². The molecule has 68 valence electrons. The molecule has 0 unspecified atom stereocenters. The van der Waals surface area contributed by atoms with Gasteiger partial charge in [0.2, 0.25) is 0 Å². The smallest absolute Gasteiger partial charge is 0.0756 e. The van der Waals surface area contributed by atoms with Gasteiger partial charge in [-0.1, -0.05) is 12.2 Å². The molecule has 0 aromatic carbocycles. The maximum atomic E-state index is 10.2. The lowest BCUT2D eigenvalue weighted by atomic mass is 9.71. The summed E-state index contributed by atoms with van der Waals surface area (Å²) in [7, 11) is 0. The second kappa shape index (κ2) is 2.86. The zero-order valence-electron chi connectivity index (χ0n) is 7.38. The molecule has 2 aliphatic rings. The normalized spacial score (nSPS) is 42.4. The van der Waals surface area contributed by atoms with Gasteiger partial charge >= 0.3 is 0 Å². The third-order valence-corrected chi connectivity index (χ3v) is 3.21. The maximum Gasteiger partial charge on any atom is 0.0756 e. The second-order valence-electron chi connectivity index (χ2n) is 3.99. The van der Waals surface area contributed by atoms with Crippen LogP contribution in [0.2, 0.25) is 0 Å². The van der Waals surface area contributed by atoms with Gasteiger partial charge in [0, 0.05) is 18.9 Å². The van der Waals surface area contributed by atoms with Gasteiger partial charge in [-0.3, -0.25) is 0 Å². The van der Waals surface area contributed by atoms with E-state index in [1.807, 2.05) is 0 Å². The van der Waals surface area contributed by atoms with Crippen molar-refractivity contribution < 1.29 is 9.84 Å². The van der Waals surface area contributed by atoms with Crippen molar-refractivity contribution in [1.29, 1.82) is 0 Å². The fourth-order valence-corrected chi connectivity index (χ4v) is 2.37. The monoisotopic (exact) mass is 168 g/mol. The lowest BCUT2D eigenvalue weighted by Crippen LogP contribution is -2.48. The van der Waals surface area contributed by atoms with Crippen LogP contribution in [-0.4, -0.2) is 23.9 Å². The quantitative estimate of drug-likeness (QED) is 0.555. The van der Waals surface area contributed by atoms with Gasteiger partial charge in [-0.15, -0.1) is 0 Å². The molecule has 2 heteroatoms. The molecule has 1 N–H and O–H groups in total. The van der Waals surface area contributed by atoms with Gasteiger partial charge in [0.05, 0.1) is 12.2 Å². The standard InChI is InChI=1S/C10H16O2/c1-8-3-2-4-10(11)5-6-12-7-9(8)10/h9,11H,1-7H2/t9-,10-/m0/s1. The van der Waals surface area contributed by atoms with E-state index in [1.54, 1.807) is 0 Å². The topological polar surface area (TPSA) is 29.5 Å². The Balaban J connectivity index is 2.18. The van der Waals surface area contributed by atoms with E-state index in [0.717, 1.165) is 25.7 Å². The van der Waals surface area contributed by atoms with Gasteiger partial charge < -0.3 is 9.84 Å². The Morgan fingerprint density at radius 3 is 3.08 bits per heavy atom. The Bertz CT molecular complexity index is 196. The SMILES string of the molecule is C=C1CCC[C@]2(O)CCOC[C@@H]12. The van der Waals surface area contributed by atoms with Crippen molar-refractivity contribution in [3.63, 3.8) is 0 Å². The Hall–Kier alpha value is -0.340. The van der Waals surface area contributed by atoms with Crippen molar-refractivity contribution in [2.75, 3.05) is 13.2 Å². The Morgan fingerprint density at radius 1 is 1.50 bits per heavy atom. The first kappa shape index (κ1) is 8.27. The highest BCUT2D eigenvalue weighted by molar-refractivity contribution is 5.13. The van der Waals surface area contributed by atoms with Crippen LogP contribution in [0.25, 0.3) is 0 Å². The van der Waals surface area contributed by atoms with Gasteiger partial charge in [0.25, 0.3) is 0 Å². The minimum Gasteiger partial charge on any atom is -0.389 e. The molecule has 0 aromatic rings. The Labute approximate surface area is 73.2 Å². The maximum absolute atomic E-state index is 10.2. The summed E-state index contributed by atoms with van der Waals surface area (Å²) in [5.74, 6) is 0.208. The van der Waals surface area contributed by atoms with E-state index in [1.165, 1.54) is 5.57 Å². The van der Waals surface area contributed by atoms with E-state index >= 15 is 0 Å². The number of hydrogen-bond acceptors (Lipinski definition) is 2. The van der Waals surface area contributed by atoms with Crippen molar-refractivity contribution in [2.45, 2.75) is 31.3 Å². The highest BCUT2D eigenvalue weighted by Gasteiger charge is 2.42. The molecule has 1 aliphatic carbocycles. The average molecular weight is 168 g/mol. The molecule has 0 amide bonds. The third kappa shape index (κ3) is 1.19. The van der Waals surface area contributed by atoms with E-state index in [2.05, 4.69) is 6.58 Å². The van der Waals surface area contributed by atoms with Crippen LogP contribution in [0.5, 0.6) is 0 Å². The predicted octanol–water partition coefficient (Wildman–Crippen LogP) is 1.49. The molecule has 1 saturated carbocycles. The summed E-state index contributed by atoms with van der Waals surface area (Å²) in [4.78, 5) is 0. The molecule has 0 spiro atoms. The summed E-state index contributed by atoms with van der Waals surface area (Å²) in [6.45, 7) is 5.39. The van der Waals surface area contributed by atoms with Crippen LogP contribution in [0.3, 0.4) is 0 Å². The Morgan fingerprint density at radius 2 is 2.33 bits per heavy atom. The van der Waals surface area contributed by atoms with Gasteiger partial charge in [0.15, 0.2) is 0 Å². The number of hydrogen-bond donors (Lipinski definition) is 1. The summed E-state index contributed by atoms with van der Waals surface area (Å²) in [6, 6.07) is 0. The van der Waals surface area contributed by atoms with Crippen LogP contribution in [0.15, 0.2) is 12.2 Å². The fourth-order valence-electron chi connectivity index (χ4n) is 2.37. The Kier molecular flexibility index (Phi) is 1.97. The summed E-state index contributed by atoms with van der Waals surface area (Å²) in [6.07, 6.45) is 3.87. The van der Waals surface area contributed by atoms with Gasteiger partial charge in [-0.25, -0.2) is 0 Å². The molecule has 12 heavy (non-hydrogen) atoms. The first-order chi connectivity index (χ1) is 5.72. The van der Waals surface area contributed by atoms with Crippen LogP contribution >= 0.6 is 0 Å². The molecule has 0 aromatic heterocycles. The largest absolute Gasteiger partial charge is 0.389 e. The molecule has 0 bridgehead atoms. The first-order valence-electron chi connectivity index (χ1n) is 4.70. The average Bonchev–Trinajstić information content (AvgIpc) is 2.04. The lowest BCUT2D eigenvalue weighted by Gasteiger charge is -2.44. The van der Waals surface area contributed by atoms with Crippen LogP contribution < -0.4 is 0 Å². The summed E-state index contributed by atoms with van der Waals surface area (Å²) < 4.78 is 5.35. The second-order valence-corrected chi connectivity index (χ2v) is 3.99. The number of ether oxygens (including phenoxy) is 1. The van der Waals surface area contributed by atoms with Gasteiger partial charge in [-0.2, -0.15) is 0 Å². The first-order valence-corrected chi connectivity index (χ1v) is 4.70. The number of rotatable bonds is 0. The van der Waals surface area contributed by atoms with E-state index in [-0.39, 0.29) is 5.92 Å². The minimum absolute atomic E-state index is 0.208. The number of aliphatic hydroxyl groups is 1. The molecule has 1 heterocycles. The molecule has 0 radical (unpaired) electrons. The molecule has 1 saturated heterocycles. The summed E-state index contributed by atoms with van der Waals surface area (Å²) >= 11 is 0. The minimum atomic E-state index is -0.479. The van der Waals surface area contributed by atoms with Gasteiger partial charge in [-0.05, 0) is 19.3 Å². The van der Waals surface area contributed by atoms with Crippen LogP contribution in [-0.2, 0) is 4.74 Å². The third-order valence-electron chi connectivity index (χ3n) is 3.21. The molecular formula is C10H16O2. The van der Waals surface area contributed by atoms with Crippen LogP contribution in [0.4, 0.5) is 0 Å². The van der Waals surface area contributed by atoms with Gasteiger partial charge in [0.1, 0.15) is 0 Å². The van der Waals surface area contributed by atoms with E-state index in [9.17, 15) is 5.11 Å². The van der Waals surface area contributed by atoms with Crippen molar-refractivity contribution >= 4 is 0 Å². The van der Waals surface area contributed by atoms with Crippen molar-refractivity contribution in [3.05, 3.63) is 12.2 Å². The molecule has 2 atom stereocenters. The fraction of sp³-hybridized carbons (Fsp3) is 0.800. The van der Waals surface area contributed by atoms with Crippen LogP contribution in [0, 0.1) is 5.92 Å². The summed E-state index contributed by atoms with van der Waals surface area (Å²) in [5, 5.41) is 10.2. The van der Waals surface area contributed by atoms with Crippen molar-refractivity contribution in [3.8, 4) is 0 Å². The summed E-state index contributed by atoms with van der Waals surface area (Å²) in [5.41, 5.74) is 0.705. The molecule has 1 aliphatic heterocycles. The molecule has 2 fully saturated rings. The predicted molar refractivity (Wildman–Crippen MR) is 46.9 cm³/mol. The number of fused-ring (bicyclic) bond motifs is 1. The molecule has 2 rings (SSSR count). The zero-order chi connectivity index (χ0) is 8.60. The van der Waals surface area contributed by atoms with Crippen LogP contribution in [0.1, 0.15) is 25.7 Å². The molecule has 2 nitrogen and oxygen atoms in total.